The van der Waals surface area contributed by atoms with Gasteiger partial charge in [0.15, 0.2) is 0 Å². The lowest BCUT2D eigenvalue weighted by Gasteiger charge is -2.00. The minimum Gasteiger partial charge on any atom is -0.427 e. The second-order valence-electron chi connectivity index (χ2n) is 2.52. The molecule has 1 aromatic rings. The van der Waals surface area contributed by atoms with Crippen molar-refractivity contribution in [1.29, 1.82) is 0 Å². The molecule has 3 heteroatoms. The number of hydrogen-bond acceptors (Lipinski definition) is 3. The van der Waals surface area contributed by atoms with Gasteiger partial charge in [-0.15, -0.1) is 0 Å². The maximum atomic E-state index is 10.6. The molecule has 0 amide bonds. The molecule has 1 rings (SSSR count). The van der Waals surface area contributed by atoms with Crippen LogP contribution in [0.15, 0.2) is 30.5 Å². The molecule has 3 nitrogen and oxygen atoms in total. The van der Waals surface area contributed by atoms with Crippen LogP contribution in [0.5, 0.6) is 5.75 Å². The van der Waals surface area contributed by atoms with Crippen LogP contribution in [0, 0.1) is 0 Å². The fourth-order valence-electron chi connectivity index (χ4n) is 0.924. The van der Waals surface area contributed by atoms with Crippen LogP contribution in [0.1, 0.15) is 12.5 Å². The number of ether oxygens (including phenoxy) is 1. The second-order valence-corrected chi connectivity index (χ2v) is 2.52. The Balaban J connectivity index is 2.75. The molecule has 0 radical (unpaired) electrons. The predicted molar refractivity (Wildman–Crippen MR) is 51.0 cm³/mol. The lowest BCUT2D eigenvalue weighted by atomic mass is 10.2. The Hall–Kier alpha value is -1.77. The molecule has 0 unspecified atom stereocenters. The maximum Gasteiger partial charge on any atom is 0.308 e. The third kappa shape index (κ3) is 2.99. The molecule has 0 heterocycles. The average molecular weight is 177 g/mol. The van der Waals surface area contributed by atoms with Crippen molar-refractivity contribution in [1.82, 2.24) is 0 Å². The van der Waals surface area contributed by atoms with E-state index in [1.54, 1.807) is 18.2 Å². The highest BCUT2D eigenvalue weighted by Gasteiger charge is 1.95. The van der Waals surface area contributed by atoms with Gasteiger partial charge in [0.2, 0.25) is 0 Å². The van der Waals surface area contributed by atoms with Gasteiger partial charge in [0, 0.05) is 6.92 Å². The highest BCUT2D eigenvalue weighted by atomic mass is 16.5. The summed E-state index contributed by atoms with van der Waals surface area (Å²) in [6.45, 7) is 1.37. The third-order valence-corrected chi connectivity index (χ3v) is 1.43. The summed E-state index contributed by atoms with van der Waals surface area (Å²) < 4.78 is 4.85. The molecule has 0 fully saturated rings. The van der Waals surface area contributed by atoms with E-state index in [2.05, 4.69) is 0 Å². The number of benzene rings is 1. The summed E-state index contributed by atoms with van der Waals surface area (Å²) in [5.41, 5.74) is 6.18. The molecule has 68 valence electrons. The quantitative estimate of drug-likeness (QED) is 0.550. The first-order valence-electron chi connectivity index (χ1n) is 3.89. The van der Waals surface area contributed by atoms with Crippen molar-refractivity contribution < 1.29 is 9.53 Å². The highest BCUT2D eigenvalue weighted by Crippen LogP contribution is 2.12. The van der Waals surface area contributed by atoms with Gasteiger partial charge in [0.25, 0.3) is 0 Å². The van der Waals surface area contributed by atoms with Gasteiger partial charge in [0.05, 0.1) is 0 Å². The van der Waals surface area contributed by atoms with E-state index in [4.69, 9.17) is 10.5 Å². The molecule has 1 aromatic carbocycles. The Kier molecular flexibility index (Phi) is 3.09. The first-order chi connectivity index (χ1) is 6.22. The van der Waals surface area contributed by atoms with Crippen LogP contribution < -0.4 is 10.5 Å². The van der Waals surface area contributed by atoms with Crippen molar-refractivity contribution in [2.75, 3.05) is 0 Å². The van der Waals surface area contributed by atoms with Crippen LogP contribution in [0.3, 0.4) is 0 Å². The molecule has 0 saturated carbocycles. The summed E-state index contributed by atoms with van der Waals surface area (Å²) in [7, 11) is 0. The maximum absolute atomic E-state index is 10.6. The Morgan fingerprint density at radius 3 is 2.46 bits per heavy atom. The van der Waals surface area contributed by atoms with E-state index in [0.717, 1.165) is 5.56 Å². The van der Waals surface area contributed by atoms with Crippen LogP contribution in [-0.4, -0.2) is 5.97 Å². The number of esters is 1. The van der Waals surface area contributed by atoms with Crippen molar-refractivity contribution >= 4 is 12.0 Å². The zero-order valence-electron chi connectivity index (χ0n) is 7.36. The van der Waals surface area contributed by atoms with Crippen LogP contribution in [0.4, 0.5) is 0 Å². The first kappa shape index (κ1) is 9.32. The number of hydrogen-bond donors (Lipinski definition) is 1. The van der Waals surface area contributed by atoms with Crippen molar-refractivity contribution in [2.24, 2.45) is 5.73 Å². The molecule has 13 heavy (non-hydrogen) atoms. The van der Waals surface area contributed by atoms with Gasteiger partial charge < -0.3 is 10.5 Å². The number of rotatable bonds is 2. The van der Waals surface area contributed by atoms with E-state index >= 15 is 0 Å². The van der Waals surface area contributed by atoms with Crippen molar-refractivity contribution in [3.8, 4) is 5.75 Å². The highest BCUT2D eigenvalue weighted by molar-refractivity contribution is 5.69. The molecule has 0 aliphatic carbocycles. The van der Waals surface area contributed by atoms with E-state index in [1.165, 1.54) is 13.1 Å². The average Bonchev–Trinajstić information content (AvgIpc) is 2.08. The van der Waals surface area contributed by atoms with E-state index in [0.29, 0.717) is 5.75 Å². The Bertz CT molecular complexity index is 314. The van der Waals surface area contributed by atoms with Gasteiger partial charge in [0.1, 0.15) is 5.75 Å². The molecule has 0 atom stereocenters. The van der Waals surface area contributed by atoms with Crippen molar-refractivity contribution in [3.63, 3.8) is 0 Å². The van der Waals surface area contributed by atoms with Crippen molar-refractivity contribution in [2.45, 2.75) is 6.92 Å². The summed E-state index contributed by atoms with van der Waals surface area (Å²) in [5, 5.41) is 0. The van der Waals surface area contributed by atoms with E-state index in [9.17, 15) is 4.79 Å². The van der Waals surface area contributed by atoms with Gasteiger partial charge in [-0.3, -0.25) is 4.79 Å². The van der Waals surface area contributed by atoms with Crippen molar-refractivity contribution in [3.05, 3.63) is 36.0 Å². The minimum atomic E-state index is -0.317. The second kappa shape index (κ2) is 4.30. The molecular weight excluding hydrogens is 166 g/mol. The molecule has 0 saturated heterocycles. The molecule has 0 aliphatic rings. The molecular formula is C10H11NO2. The topological polar surface area (TPSA) is 52.3 Å². The van der Waals surface area contributed by atoms with Gasteiger partial charge in [-0.2, -0.15) is 0 Å². The number of nitrogens with two attached hydrogens (primary N) is 1. The molecule has 0 aliphatic heterocycles. The van der Waals surface area contributed by atoms with E-state index < -0.39 is 0 Å². The standard InChI is InChI=1S/C10H11NO2/c1-8(12)13-10-4-2-9(3-5-10)6-7-11/h2-7H,11H2,1H3. The van der Waals surface area contributed by atoms with Gasteiger partial charge in [-0.05, 0) is 30.0 Å². The lowest BCUT2D eigenvalue weighted by molar-refractivity contribution is -0.131. The summed E-state index contributed by atoms with van der Waals surface area (Å²) in [4.78, 5) is 10.6. The van der Waals surface area contributed by atoms with Crippen LogP contribution >= 0.6 is 0 Å². The minimum absolute atomic E-state index is 0.317. The van der Waals surface area contributed by atoms with E-state index in [1.807, 2.05) is 12.1 Å². The summed E-state index contributed by atoms with van der Waals surface area (Å²) in [6.07, 6.45) is 3.22. The number of carbonyl (C=O) groups is 1. The SMILES string of the molecule is CC(=O)Oc1ccc(C=CN)cc1. The monoisotopic (exact) mass is 177 g/mol. The summed E-state index contributed by atoms with van der Waals surface area (Å²) >= 11 is 0. The van der Waals surface area contributed by atoms with E-state index in [-0.39, 0.29) is 5.97 Å². The third-order valence-electron chi connectivity index (χ3n) is 1.43. The van der Waals surface area contributed by atoms with Gasteiger partial charge in [-0.25, -0.2) is 0 Å². The predicted octanol–water partition coefficient (Wildman–Crippen LogP) is 1.54. The van der Waals surface area contributed by atoms with Gasteiger partial charge in [-0.1, -0.05) is 12.1 Å². The molecule has 0 spiro atoms. The summed E-state index contributed by atoms with van der Waals surface area (Å²) in [6, 6.07) is 7.08. The lowest BCUT2D eigenvalue weighted by Crippen LogP contribution is -2.00. The summed E-state index contributed by atoms with van der Waals surface area (Å²) in [5.74, 6) is 0.226. The smallest absolute Gasteiger partial charge is 0.308 e. The zero-order chi connectivity index (χ0) is 9.68. The van der Waals surface area contributed by atoms with Crippen LogP contribution in [-0.2, 0) is 4.79 Å². The Labute approximate surface area is 76.8 Å². The Morgan fingerprint density at radius 1 is 1.38 bits per heavy atom. The molecule has 0 bridgehead atoms. The van der Waals surface area contributed by atoms with Crippen LogP contribution in [0.25, 0.3) is 6.08 Å². The van der Waals surface area contributed by atoms with Gasteiger partial charge >= 0.3 is 5.97 Å². The Morgan fingerprint density at radius 2 is 2.00 bits per heavy atom. The fraction of sp³-hybridized carbons (Fsp3) is 0.100. The zero-order valence-corrected chi connectivity index (χ0v) is 7.36. The van der Waals surface area contributed by atoms with Crippen LogP contribution in [0.2, 0.25) is 0 Å². The number of carbonyl (C=O) groups excluding carboxylic acids is 1. The normalized spacial score (nSPS) is 10.2. The fourth-order valence-corrected chi connectivity index (χ4v) is 0.924. The first-order valence-corrected chi connectivity index (χ1v) is 3.89. The molecule has 2 N–H and O–H groups in total. The largest absolute Gasteiger partial charge is 0.427 e. The molecule has 0 aromatic heterocycles.